The van der Waals surface area contributed by atoms with Crippen molar-refractivity contribution in [2.75, 3.05) is 6.54 Å². The average molecular weight is 359 g/mol. The fraction of sp³-hybridized carbons (Fsp3) is 0.824. The van der Waals surface area contributed by atoms with Gasteiger partial charge in [-0.2, -0.15) is 4.98 Å². The molecule has 0 bridgehead atoms. The quantitative estimate of drug-likeness (QED) is 0.778. The zero-order valence-corrected chi connectivity index (χ0v) is 15.8. The van der Waals surface area contributed by atoms with E-state index in [1.165, 1.54) is 19.3 Å². The van der Waals surface area contributed by atoms with E-state index in [4.69, 9.17) is 10.3 Å². The van der Waals surface area contributed by atoms with E-state index < -0.39 is 5.41 Å². The second kappa shape index (κ2) is 9.37. The molecule has 6 nitrogen and oxygen atoms in total. The SMILES string of the molecule is CCC(CC)(CN)C(=O)NC(C)c1nc(C2CCCCC2)no1.Cl. The number of carbonyl (C=O) groups is 1. The highest BCUT2D eigenvalue weighted by Gasteiger charge is 2.35. The molecule has 2 rings (SSSR count). The van der Waals surface area contributed by atoms with Gasteiger partial charge in [-0.05, 0) is 32.6 Å². The number of hydrogen-bond donors (Lipinski definition) is 2. The minimum absolute atomic E-state index is 0. The highest BCUT2D eigenvalue weighted by Crippen LogP contribution is 2.31. The Labute approximate surface area is 150 Å². The van der Waals surface area contributed by atoms with Gasteiger partial charge in [0.1, 0.15) is 6.04 Å². The monoisotopic (exact) mass is 358 g/mol. The van der Waals surface area contributed by atoms with Gasteiger partial charge in [0, 0.05) is 12.5 Å². The molecule has 0 saturated heterocycles. The molecule has 138 valence electrons. The Morgan fingerprint density at radius 2 is 1.96 bits per heavy atom. The van der Waals surface area contributed by atoms with Crippen LogP contribution >= 0.6 is 12.4 Å². The zero-order valence-electron chi connectivity index (χ0n) is 15.0. The second-order valence-electron chi connectivity index (χ2n) is 6.71. The Morgan fingerprint density at radius 1 is 1.33 bits per heavy atom. The molecule has 1 heterocycles. The van der Waals surface area contributed by atoms with Crippen molar-refractivity contribution in [3.8, 4) is 0 Å². The van der Waals surface area contributed by atoms with Gasteiger partial charge in [0.05, 0.1) is 5.41 Å². The summed E-state index contributed by atoms with van der Waals surface area (Å²) in [7, 11) is 0. The lowest BCUT2D eigenvalue weighted by Crippen LogP contribution is -2.46. The molecule has 1 aromatic heterocycles. The van der Waals surface area contributed by atoms with E-state index in [2.05, 4.69) is 15.5 Å². The van der Waals surface area contributed by atoms with Crippen LogP contribution in [0.25, 0.3) is 0 Å². The molecule has 1 aliphatic rings. The molecule has 1 aliphatic carbocycles. The number of nitrogens with one attached hydrogen (secondary N) is 1. The minimum Gasteiger partial charge on any atom is -0.344 e. The van der Waals surface area contributed by atoms with Crippen molar-refractivity contribution in [3.63, 3.8) is 0 Å². The molecule has 24 heavy (non-hydrogen) atoms. The van der Waals surface area contributed by atoms with Gasteiger partial charge in [-0.1, -0.05) is 38.3 Å². The van der Waals surface area contributed by atoms with Gasteiger partial charge in [-0.25, -0.2) is 0 Å². The normalized spacial score (nSPS) is 17.2. The number of hydrogen-bond acceptors (Lipinski definition) is 5. The average Bonchev–Trinajstić information content (AvgIpc) is 3.08. The standard InChI is InChI=1S/C17H30N4O2.ClH/c1-4-17(5-2,11-18)16(22)19-12(3)15-20-14(21-23-15)13-9-7-6-8-10-13;/h12-13H,4-11,18H2,1-3H3,(H,19,22);1H. The van der Waals surface area contributed by atoms with E-state index >= 15 is 0 Å². The number of nitrogens with zero attached hydrogens (tertiary/aromatic N) is 2. The number of carbonyl (C=O) groups excluding carboxylic acids is 1. The molecule has 0 radical (unpaired) electrons. The van der Waals surface area contributed by atoms with Crippen molar-refractivity contribution in [1.82, 2.24) is 15.5 Å². The van der Waals surface area contributed by atoms with Gasteiger partial charge in [0.15, 0.2) is 5.82 Å². The number of rotatable bonds is 7. The molecule has 1 atom stereocenters. The summed E-state index contributed by atoms with van der Waals surface area (Å²) in [6.45, 7) is 6.21. The van der Waals surface area contributed by atoms with Crippen LogP contribution in [0.3, 0.4) is 0 Å². The predicted octanol–water partition coefficient (Wildman–Crippen LogP) is 3.48. The molecular weight excluding hydrogens is 328 g/mol. The van der Waals surface area contributed by atoms with Crippen LogP contribution in [-0.4, -0.2) is 22.6 Å². The van der Waals surface area contributed by atoms with Gasteiger partial charge in [0.2, 0.25) is 11.8 Å². The maximum atomic E-state index is 12.6. The Hall–Kier alpha value is -1.14. The molecule has 7 heteroatoms. The second-order valence-corrected chi connectivity index (χ2v) is 6.71. The summed E-state index contributed by atoms with van der Waals surface area (Å²) in [5, 5.41) is 7.12. The van der Waals surface area contributed by atoms with E-state index in [0.717, 1.165) is 31.5 Å². The lowest BCUT2D eigenvalue weighted by Gasteiger charge is -2.29. The maximum absolute atomic E-state index is 12.6. The highest BCUT2D eigenvalue weighted by atomic mass is 35.5. The molecule has 0 spiro atoms. The van der Waals surface area contributed by atoms with E-state index in [1.807, 2.05) is 20.8 Å². The first-order valence-corrected chi connectivity index (χ1v) is 8.90. The van der Waals surface area contributed by atoms with Crippen LogP contribution in [-0.2, 0) is 4.79 Å². The lowest BCUT2D eigenvalue weighted by atomic mass is 9.81. The number of halogens is 1. The van der Waals surface area contributed by atoms with Gasteiger partial charge in [-0.3, -0.25) is 4.79 Å². The maximum Gasteiger partial charge on any atom is 0.248 e. The minimum atomic E-state index is -0.513. The largest absolute Gasteiger partial charge is 0.344 e. The Bertz CT molecular complexity index is 502. The fourth-order valence-corrected chi connectivity index (χ4v) is 3.31. The third kappa shape index (κ3) is 4.48. The first-order valence-electron chi connectivity index (χ1n) is 8.90. The summed E-state index contributed by atoms with van der Waals surface area (Å²) in [5.74, 6) is 1.64. The molecule has 1 unspecified atom stereocenters. The van der Waals surface area contributed by atoms with Gasteiger partial charge >= 0.3 is 0 Å². The fourth-order valence-electron chi connectivity index (χ4n) is 3.31. The van der Waals surface area contributed by atoms with Gasteiger partial charge in [-0.15, -0.1) is 12.4 Å². The van der Waals surface area contributed by atoms with Crippen LogP contribution in [0.2, 0.25) is 0 Å². The van der Waals surface area contributed by atoms with Crippen molar-refractivity contribution in [2.45, 2.75) is 77.7 Å². The predicted molar refractivity (Wildman–Crippen MR) is 96.0 cm³/mol. The molecule has 0 aromatic carbocycles. The number of aromatic nitrogens is 2. The van der Waals surface area contributed by atoms with Gasteiger partial charge < -0.3 is 15.6 Å². The lowest BCUT2D eigenvalue weighted by molar-refractivity contribution is -0.131. The molecule has 1 fully saturated rings. The van der Waals surface area contributed by atoms with Crippen molar-refractivity contribution >= 4 is 18.3 Å². The van der Waals surface area contributed by atoms with Crippen LogP contribution < -0.4 is 11.1 Å². The van der Waals surface area contributed by atoms with E-state index in [-0.39, 0.29) is 24.4 Å². The summed E-state index contributed by atoms with van der Waals surface area (Å²) in [6.07, 6.45) is 7.44. The van der Waals surface area contributed by atoms with Crippen LogP contribution in [0.5, 0.6) is 0 Å². The third-order valence-electron chi connectivity index (χ3n) is 5.37. The smallest absolute Gasteiger partial charge is 0.248 e. The molecule has 0 aliphatic heterocycles. The molecular formula is C17H31ClN4O2. The molecule has 1 saturated carbocycles. The van der Waals surface area contributed by atoms with Crippen molar-refractivity contribution in [2.24, 2.45) is 11.1 Å². The van der Waals surface area contributed by atoms with Gasteiger partial charge in [0.25, 0.3) is 0 Å². The topological polar surface area (TPSA) is 94.0 Å². The van der Waals surface area contributed by atoms with Crippen LogP contribution in [0.15, 0.2) is 4.52 Å². The van der Waals surface area contributed by atoms with Crippen LogP contribution in [0.1, 0.15) is 89.4 Å². The molecule has 3 N–H and O–H groups in total. The Morgan fingerprint density at radius 3 is 2.50 bits per heavy atom. The van der Waals surface area contributed by atoms with Crippen molar-refractivity contribution < 1.29 is 9.32 Å². The summed E-state index contributed by atoms with van der Waals surface area (Å²) >= 11 is 0. The summed E-state index contributed by atoms with van der Waals surface area (Å²) in [4.78, 5) is 17.1. The van der Waals surface area contributed by atoms with Crippen LogP contribution in [0.4, 0.5) is 0 Å². The summed E-state index contributed by atoms with van der Waals surface area (Å²) in [5.41, 5.74) is 5.32. The van der Waals surface area contributed by atoms with E-state index in [1.54, 1.807) is 0 Å². The number of amides is 1. The molecule has 1 amide bonds. The first-order chi connectivity index (χ1) is 11.1. The third-order valence-corrected chi connectivity index (χ3v) is 5.37. The zero-order chi connectivity index (χ0) is 16.9. The Balaban J connectivity index is 0.00000288. The van der Waals surface area contributed by atoms with Crippen molar-refractivity contribution in [3.05, 3.63) is 11.7 Å². The van der Waals surface area contributed by atoms with E-state index in [9.17, 15) is 4.79 Å². The summed E-state index contributed by atoms with van der Waals surface area (Å²) < 4.78 is 5.39. The summed E-state index contributed by atoms with van der Waals surface area (Å²) in [6, 6.07) is -0.295. The number of nitrogens with two attached hydrogens (primary N) is 1. The first kappa shape index (κ1) is 20.9. The van der Waals surface area contributed by atoms with Crippen LogP contribution in [0, 0.1) is 5.41 Å². The van der Waals surface area contributed by atoms with Crippen molar-refractivity contribution in [1.29, 1.82) is 0 Å². The van der Waals surface area contributed by atoms with E-state index in [0.29, 0.717) is 18.4 Å². The Kier molecular flexibility index (Phi) is 8.16. The molecule has 1 aromatic rings. The highest BCUT2D eigenvalue weighted by molar-refractivity contribution is 5.85.